The van der Waals surface area contributed by atoms with Crippen LogP contribution in [0.2, 0.25) is 0 Å². The molecule has 2 atom stereocenters. The van der Waals surface area contributed by atoms with Crippen molar-refractivity contribution in [1.29, 1.82) is 0 Å². The molecule has 0 aliphatic rings. The molecule has 1 aromatic heterocycles. The summed E-state index contributed by atoms with van der Waals surface area (Å²) in [7, 11) is 1.78. The summed E-state index contributed by atoms with van der Waals surface area (Å²) in [4.78, 5) is 15.0. The second kappa shape index (κ2) is 7.66. The van der Waals surface area contributed by atoms with E-state index in [1.54, 1.807) is 23.3 Å². The summed E-state index contributed by atoms with van der Waals surface area (Å²) in [6.45, 7) is 3.96. The van der Waals surface area contributed by atoms with Crippen molar-refractivity contribution < 1.29 is 13.6 Å². The number of amides is 1. The predicted octanol–water partition coefficient (Wildman–Crippen LogP) is 3.90. The third-order valence-corrected chi connectivity index (χ3v) is 4.88. The molecule has 0 aliphatic heterocycles. The summed E-state index contributed by atoms with van der Waals surface area (Å²) in [5.41, 5.74) is 0.630. The number of rotatable bonds is 6. The Hall–Kier alpha value is -1.79. The van der Waals surface area contributed by atoms with Gasteiger partial charge in [-0.2, -0.15) is 0 Å². The van der Waals surface area contributed by atoms with Crippen molar-refractivity contribution in [2.75, 3.05) is 13.6 Å². The third-order valence-electron chi connectivity index (χ3n) is 3.83. The largest absolute Gasteiger partial charge is 0.348 e. The molecule has 1 aromatic carbocycles. The Morgan fingerprint density at radius 1 is 1.26 bits per heavy atom. The van der Waals surface area contributed by atoms with Crippen LogP contribution >= 0.6 is 11.3 Å². The highest BCUT2D eigenvalue weighted by atomic mass is 32.1. The van der Waals surface area contributed by atoms with Gasteiger partial charge in [-0.25, -0.2) is 8.78 Å². The van der Waals surface area contributed by atoms with E-state index in [0.717, 1.165) is 10.9 Å². The summed E-state index contributed by atoms with van der Waals surface area (Å²) in [6, 6.07) is 7.48. The van der Waals surface area contributed by atoms with Crippen LogP contribution in [0.5, 0.6) is 0 Å². The lowest BCUT2D eigenvalue weighted by atomic mass is 10.1. The van der Waals surface area contributed by atoms with Crippen molar-refractivity contribution in [2.24, 2.45) is 0 Å². The molecule has 1 N–H and O–H groups in total. The summed E-state index contributed by atoms with van der Waals surface area (Å²) < 4.78 is 26.3. The maximum Gasteiger partial charge on any atom is 0.234 e. The molecule has 0 bridgehead atoms. The fourth-order valence-corrected chi connectivity index (χ4v) is 3.02. The minimum atomic E-state index is -0.876. The molecule has 0 fully saturated rings. The first kappa shape index (κ1) is 17.6. The molecule has 1 amide bonds. The molecule has 2 rings (SSSR count). The summed E-state index contributed by atoms with van der Waals surface area (Å²) in [5.74, 6) is -1.85. The molecule has 1 heterocycles. The molecule has 0 saturated heterocycles. The Balaban J connectivity index is 1.93. The van der Waals surface area contributed by atoms with Crippen LogP contribution in [0.4, 0.5) is 8.78 Å². The van der Waals surface area contributed by atoms with Gasteiger partial charge in [0.1, 0.15) is 0 Å². The lowest BCUT2D eigenvalue weighted by Crippen LogP contribution is -2.37. The zero-order valence-corrected chi connectivity index (χ0v) is 14.2. The van der Waals surface area contributed by atoms with Crippen molar-refractivity contribution in [1.82, 2.24) is 10.2 Å². The topological polar surface area (TPSA) is 32.3 Å². The van der Waals surface area contributed by atoms with Crippen LogP contribution in [-0.4, -0.2) is 24.4 Å². The van der Waals surface area contributed by atoms with E-state index in [1.807, 2.05) is 31.4 Å². The maximum atomic E-state index is 13.3. The summed E-state index contributed by atoms with van der Waals surface area (Å²) in [6.07, 6.45) is 0. The van der Waals surface area contributed by atoms with Crippen molar-refractivity contribution in [3.05, 3.63) is 57.8 Å². The van der Waals surface area contributed by atoms with Gasteiger partial charge in [0.15, 0.2) is 11.6 Å². The van der Waals surface area contributed by atoms with Gasteiger partial charge in [-0.15, -0.1) is 11.3 Å². The van der Waals surface area contributed by atoms with Gasteiger partial charge in [0.05, 0.1) is 12.6 Å². The van der Waals surface area contributed by atoms with Gasteiger partial charge in [0.25, 0.3) is 0 Å². The molecular weight excluding hydrogens is 318 g/mol. The molecule has 0 radical (unpaired) electrons. The van der Waals surface area contributed by atoms with E-state index in [4.69, 9.17) is 0 Å². The Morgan fingerprint density at radius 2 is 2.00 bits per heavy atom. The third kappa shape index (κ3) is 4.59. The minimum absolute atomic E-state index is 0.0468. The van der Waals surface area contributed by atoms with E-state index >= 15 is 0 Å². The number of thiophene rings is 1. The number of nitrogens with one attached hydrogen (secondary N) is 1. The van der Waals surface area contributed by atoms with E-state index in [-0.39, 0.29) is 24.5 Å². The van der Waals surface area contributed by atoms with Crippen molar-refractivity contribution in [2.45, 2.75) is 25.9 Å². The first-order valence-corrected chi connectivity index (χ1v) is 8.24. The molecule has 0 saturated carbocycles. The standard InChI is InChI=1S/C17H20F2N2OS/c1-11(16-5-4-8-23-16)20-17(22)10-21(3)12(2)13-6-7-14(18)15(19)9-13/h4-9,11-12H,10H2,1-3H3,(H,20,22). The first-order chi connectivity index (χ1) is 10.9. The van der Waals surface area contributed by atoms with E-state index in [9.17, 15) is 13.6 Å². The quantitative estimate of drug-likeness (QED) is 0.866. The first-order valence-electron chi connectivity index (χ1n) is 7.36. The molecule has 6 heteroatoms. The fraction of sp³-hybridized carbons (Fsp3) is 0.353. The van der Waals surface area contributed by atoms with E-state index in [0.29, 0.717) is 5.56 Å². The molecule has 2 unspecified atom stereocenters. The molecule has 0 aliphatic carbocycles. The van der Waals surface area contributed by atoms with Crippen molar-refractivity contribution >= 4 is 17.2 Å². The summed E-state index contributed by atoms with van der Waals surface area (Å²) >= 11 is 1.59. The lowest BCUT2D eigenvalue weighted by molar-refractivity contribution is -0.123. The Labute approximate surface area is 138 Å². The highest BCUT2D eigenvalue weighted by Gasteiger charge is 2.18. The highest BCUT2D eigenvalue weighted by molar-refractivity contribution is 7.10. The predicted molar refractivity (Wildman–Crippen MR) is 88.3 cm³/mol. The zero-order chi connectivity index (χ0) is 17.0. The Morgan fingerprint density at radius 3 is 2.61 bits per heavy atom. The van der Waals surface area contributed by atoms with Gasteiger partial charge in [-0.1, -0.05) is 12.1 Å². The SMILES string of the molecule is CC(NC(=O)CN(C)C(C)c1ccc(F)c(F)c1)c1cccs1. The van der Waals surface area contributed by atoms with Crippen LogP contribution in [0.3, 0.4) is 0 Å². The lowest BCUT2D eigenvalue weighted by Gasteiger charge is -2.25. The van der Waals surface area contributed by atoms with Crippen molar-refractivity contribution in [3.63, 3.8) is 0 Å². The number of nitrogens with zero attached hydrogens (tertiary/aromatic N) is 1. The van der Waals surface area contributed by atoms with Crippen LogP contribution in [0.25, 0.3) is 0 Å². The van der Waals surface area contributed by atoms with Gasteiger partial charge in [0, 0.05) is 10.9 Å². The van der Waals surface area contributed by atoms with E-state index in [2.05, 4.69) is 5.32 Å². The molecule has 0 spiro atoms. The highest BCUT2D eigenvalue weighted by Crippen LogP contribution is 2.21. The molecule has 2 aromatic rings. The Kier molecular flexibility index (Phi) is 5.85. The fourth-order valence-electron chi connectivity index (χ4n) is 2.29. The number of carbonyl (C=O) groups excluding carboxylic acids is 1. The van der Waals surface area contributed by atoms with Gasteiger partial charge in [-0.05, 0) is 50.0 Å². The molecular formula is C17H20F2N2OS. The van der Waals surface area contributed by atoms with Crippen LogP contribution in [0.1, 0.15) is 36.4 Å². The number of carbonyl (C=O) groups is 1. The second-order valence-electron chi connectivity index (χ2n) is 5.57. The van der Waals surface area contributed by atoms with Gasteiger partial charge in [0.2, 0.25) is 5.91 Å². The second-order valence-corrected chi connectivity index (χ2v) is 6.55. The number of likely N-dealkylation sites (N-methyl/N-ethyl adjacent to an activating group) is 1. The van der Waals surface area contributed by atoms with Crippen LogP contribution in [-0.2, 0) is 4.79 Å². The number of halogens is 2. The average Bonchev–Trinajstić information content (AvgIpc) is 3.03. The van der Waals surface area contributed by atoms with Gasteiger partial charge in [-0.3, -0.25) is 9.69 Å². The normalized spacial score (nSPS) is 13.8. The zero-order valence-electron chi connectivity index (χ0n) is 13.3. The van der Waals surface area contributed by atoms with Crippen LogP contribution < -0.4 is 5.32 Å². The van der Waals surface area contributed by atoms with Crippen molar-refractivity contribution in [3.8, 4) is 0 Å². The van der Waals surface area contributed by atoms with Gasteiger partial charge < -0.3 is 5.32 Å². The summed E-state index contributed by atoms with van der Waals surface area (Å²) in [5, 5.41) is 4.90. The molecule has 3 nitrogen and oxygen atoms in total. The van der Waals surface area contributed by atoms with Gasteiger partial charge >= 0.3 is 0 Å². The van der Waals surface area contributed by atoms with Crippen LogP contribution in [0, 0.1) is 11.6 Å². The van der Waals surface area contributed by atoms with Crippen LogP contribution in [0.15, 0.2) is 35.7 Å². The number of hydrogen-bond acceptors (Lipinski definition) is 3. The monoisotopic (exact) mass is 338 g/mol. The van der Waals surface area contributed by atoms with E-state index < -0.39 is 11.6 Å². The molecule has 23 heavy (non-hydrogen) atoms. The van der Waals surface area contributed by atoms with E-state index in [1.165, 1.54) is 12.1 Å². The minimum Gasteiger partial charge on any atom is -0.348 e. The molecule has 124 valence electrons. The average molecular weight is 338 g/mol. The smallest absolute Gasteiger partial charge is 0.234 e. The Bertz CT molecular complexity index is 661. The number of hydrogen-bond donors (Lipinski definition) is 1. The maximum absolute atomic E-state index is 13.3. The number of benzene rings is 1.